The van der Waals surface area contributed by atoms with E-state index in [2.05, 4.69) is 16.9 Å². The average molecular weight is 477 g/mol. The first-order valence-electron chi connectivity index (χ1n) is 11.0. The second kappa shape index (κ2) is 8.32. The molecule has 5 rings (SSSR count). The van der Waals surface area contributed by atoms with E-state index in [-0.39, 0.29) is 11.7 Å². The fourth-order valence-corrected chi connectivity index (χ4v) is 5.11. The molecule has 1 aliphatic rings. The summed E-state index contributed by atoms with van der Waals surface area (Å²) in [6.07, 6.45) is 7.90. The van der Waals surface area contributed by atoms with Crippen LogP contribution >= 0.6 is 0 Å². The third kappa shape index (κ3) is 4.07. The van der Waals surface area contributed by atoms with Crippen molar-refractivity contribution < 1.29 is 8.60 Å². The number of aromatic nitrogens is 4. The maximum Gasteiger partial charge on any atom is 0.145 e. The molecule has 2 atom stereocenters. The normalized spacial score (nSPS) is 17.2. The minimum absolute atomic E-state index is 0.0310. The molecular weight excluding hydrogens is 451 g/mol. The molecule has 2 bridgehead atoms. The number of nitrogens with one attached hydrogen (secondary N) is 1. The lowest BCUT2D eigenvalue weighted by molar-refractivity contribution is 0.614. The number of halogens is 1. The Hall–Kier alpha value is -3.59. The number of nitrogens with zero attached hydrogens (tertiary/aromatic N) is 4. The van der Waals surface area contributed by atoms with Crippen molar-refractivity contribution in [2.24, 2.45) is 0 Å². The average Bonchev–Trinajstić information content (AvgIpc) is 3.25. The Morgan fingerprint density at radius 2 is 2.00 bits per heavy atom. The van der Waals surface area contributed by atoms with Gasteiger partial charge in [0.25, 0.3) is 0 Å². The molecule has 3 N–H and O–H groups in total. The summed E-state index contributed by atoms with van der Waals surface area (Å²) < 4.78 is 36.8. The zero-order valence-corrected chi connectivity index (χ0v) is 19.8. The molecular formula is C25H25FN6OS. The molecule has 1 aliphatic heterocycles. The molecule has 2 aromatic carbocycles. The highest BCUT2D eigenvalue weighted by Crippen LogP contribution is 2.34. The van der Waals surface area contributed by atoms with Crippen LogP contribution in [0.2, 0.25) is 0 Å². The van der Waals surface area contributed by atoms with E-state index >= 15 is 0 Å². The first kappa shape index (κ1) is 22.2. The molecule has 0 saturated carbocycles. The molecule has 0 aliphatic carbocycles. The lowest BCUT2D eigenvalue weighted by Gasteiger charge is -2.17. The van der Waals surface area contributed by atoms with Gasteiger partial charge in [-0.3, -0.25) is 0 Å². The second-order valence-electron chi connectivity index (χ2n) is 8.80. The number of hydrogen-bond acceptors (Lipinski definition) is 6. The Bertz CT molecular complexity index is 1510. The van der Waals surface area contributed by atoms with Crippen LogP contribution in [0.4, 0.5) is 10.2 Å². The highest BCUT2D eigenvalue weighted by atomic mass is 32.2. The maximum atomic E-state index is 14.3. The fraction of sp³-hybridized carbons (Fsp3) is 0.240. The fourth-order valence-electron chi connectivity index (χ4n) is 4.44. The first-order chi connectivity index (χ1) is 16.2. The minimum atomic E-state index is -2.92. The number of anilines is 1. The van der Waals surface area contributed by atoms with Gasteiger partial charge in [0, 0.05) is 41.2 Å². The van der Waals surface area contributed by atoms with Gasteiger partial charge in [-0.2, -0.15) is 0 Å². The third-order valence-electron chi connectivity index (χ3n) is 6.34. The zero-order chi connectivity index (χ0) is 24.0. The SMILES string of the molecule is C[C@H]1CCc2nc(cnc2N)-c2cc(S(C)(=N)=O)ccc2Cn2ccnc2-c2ccc(F)cc21. The summed E-state index contributed by atoms with van der Waals surface area (Å²) >= 11 is 0. The van der Waals surface area contributed by atoms with Crippen molar-refractivity contribution >= 4 is 15.5 Å². The number of benzene rings is 2. The lowest BCUT2D eigenvalue weighted by Crippen LogP contribution is -2.07. The highest BCUT2D eigenvalue weighted by Gasteiger charge is 2.21. The molecule has 9 heteroatoms. The molecule has 174 valence electrons. The quantitative estimate of drug-likeness (QED) is 0.408. The predicted molar refractivity (Wildman–Crippen MR) is 130 cm³/mol. The Labute approximate surface area is 197 Å². The lowest BCUT2D eigenvalue weighted by atomic mass is 9.91. The van der Waals surface area contributed by atoms with E-state index in [1.54, 1.807) is 36.7 Å². The van der Waals surface area contributed by atoms with Gasteiger partial charge in [-0.15, -0.1) is 0 Å². The van der Waals surface area contributed by atoms with Crippen molar-refractivity contribution in [1.82, 2.24) is 19.5 Å². The summed E-state index contributed by atoms with van der Waals surface area (Å²) in [5.41, 5.74) is 10.9. The summed E-state index contributed by atoms with van der Waals surface area (Å²) in [5, 5.41) is 0. The van der Waals surface area contributed by atoms with Crippen molar-refractivity contribution in [3.63, 3.8) is 0 Å². The zero-order valence-electron chi connectivity index (χ0n) is 19.0. The van der Waals surface area contributed by atoms with E-state index < -0.39 is 9.73 Å². The minimum Gasteiger partial charge on any atom is -0.382 e. The number of aryl methyl sites for hydroxylation is 1. The number of imidazole rings is 1. The van der Waals surface area contributed by atoms with Crippen LogP contribution in [-0.2, 0) is 22.7 Å². The number of rotatable bonds is 1. The van der Waals surface area contributed by atoms with Crippen LogP contribution in [0.15, 0.2) is 59.9 Å². The van der Waals surface area contributed by atoms with Gasteiger partial charge in [-0.1, -0.05) is 13.0 Å². The Balaban J connectivity index is 1.77. The van der Waals surface area contributed by atoms with Crippen molar-refractivity contribution in [2.45, 2.75) is 37.1 Å². The summed E-state index contributed by atoms with van der Waals surface area (Å²) in [7, 11) is -2.92. The molecule has 0 fully saturated rings. The summed E-state index contributed by atoms with van der Waals surface area (Å²) in [6, 6.07) is 10.2. The van der Waals surface area contributed by atoms with Crippen LogP contribution in [0.5, 0.6) is 0 Å². The smallest absolute Gasteiger partial charge is 0.145 e. The topological polar surface area (TPSA) is 111 Å². The van der Waals surface area contributed by atoms with Gasteiger partial charge in [0.15, 0.2) is 0 Å². The number of hydrogen-bond donors (Lipinski definition) is 2. The van der Waals surface area contributed by atoms with E-state index in [0.29, 0.717) is 41.5 Å². The van der Waals surface area contributed by atoms with E-state index in [1.165, 1.54) is 12.3 Å². The van der Waals surface area contributed by atoms with E-state index in [0.717, 1.165) is 28.1 Å². The molecule has 0 spiro atoms. The molecule has 2 aromatic heterocycles. The highest BCUT2D eigenvalue weighted by molar-refractivity contribution is 7.91. The summed E-state index contributed by atoms with van der Waals surface area (Å²) in [5.74, 6) is 0.846. The van der Waals surface area contributed by atoms with Crippen molar-refractivity contribution in [2.75, 3.05) is 12.0 Å². The van der Waals surface area contributed by atoms with Gasteiger partial charge >= 0.3 is 0 Å². The Kier molecular flexibility index (Phi) is 5.44. The van der Waals surface area contributed by atoms with Crippen molar-refractivity contribution in [1.29, 1.82) is 4.78 Å². The van der Waals surface area contributed by atoms with Crippen LogP contribution in [0.3, 0.4) is 0 Å². The third-order valence-corrected chi connectivity index (χ3v) is 7.49. The summed E-state index contributed by atoms with van der Waals surface area (Å²) in [6.45, 7) is 2.52. The molecule has 4 aromatic rings. The Morgan fingerprint density at radius 3 is 2.79 bits per heavy atom. The molecule has 7 nitrogen and oxygen atoms in total. The van der Waals surface area contributed by atoms with Crippen LogP contribution < -0.4 is 5.73 Å². The van der Waals surface area contributed by atoms with Crippen molar-refractivity contribution in [3.05, 3.63) is 77.6 Å². The van der Waals surface area contributed by atoms with Gasteiger partial charge in [0.2, 0.25) is 0 Å². The van der Waals surface area contributed by atoms with Gasteiger partial charge < -0.3 is 10.3 Å². The van der Waals surface area contributed by atoms with Gasteiger partial charge in [-0.05, 0) is 60.2 Å². The van der Waals surface area contributed by atoms with Gasteiger partial charge in [0.1, 0.15) is 17.5 Å². The molecule has 0 radical (unpaired) electrons. The van der Waals surface area contributed by atoms with E-state index in [4.69, 9.17) is 15.5 Å². The molecule has 1 unspecified atom stereocenters. The van der Waals surface area contributed by atoms with Crippen molar-refractivity contribution in [3.8, 4) is 22.6 Å². The number of fused-ring (bicyclic) bond motifs is 7. The standard InChI is InChI=1S/C25H25FN6OS/c1-15-3-8-22-24(27)30-13-23(31-22)21-12-18(34(2,28)33)6-4-16(21)14-32-10-9-29-25(32)19-7-5-17(26)11-20(15)19/h4-7,9-13,15,28H,3,8,14H2,1-2H3,(H2,27,30)/t15-,34?/m0/s1. The number of nitrogen functional groups attached to an aromatic ring is 1. The first-order valence-corrected chi connectivity index (χ1v) is 13.0. The number of nitrogens with two attached hydrogens (primary N) is 1. The summed E-state index contributed by atoms with van der Waals surface area (Å²) in [4.78, 5) is 14.2. The van der Waals surface area contributed by atoms with Crippen LogP contribution in [0.25, 0.3) is 22.6 Å². The molecule has 0 amide bonds. The molecule has 34 heavy (non-hydrogen) atoms. The molecule has 0 saturated heterocycles. The monoisotopic (exact) mass is 476 g/mol. The van der Waals surface area contributed by atoms with Gasteiger partial charge in [0.05, 0.1) is 27.3 Å². The second-order valence-corrected chi connectivity index (χ2v) is 11.0. The van der Waals surface area contributed by atoms with Crippen LogP contribution in [-0.4, -0.2) is 30.0 Å². The van der Waals surface area contributed by atoms with Gasteiger partial charge in [-0.25, -0.2) is 28.3 Å². The van der Waals surface area contributed by atoms with E-state index in [1.807, 2.05) is 16.8 Å². The maximum absolute atomic E-state index is 14.3. The van der Waals surface area contributed by atoms with Crippen LogP contribution in [0, 0.1) is 10.6 Å². The van der Waals surface area contributed by atoms with Crippen LogP contribution in [0.1, 0.15) is 36.1 Å². The predicted octanol–water partition coefficient (Wildman–Crippen LogP) is 4.86. The molecule has 3 heterocycles. The Morgan fingerprint density at radius 1 is 1.18 bits per heavy atom. The largest absolute Gasteiger partial charge is 0.382 e. The van der Waals surface area contributed by atoms with E-state index in [9.17, 15) is 8.60 Å².